The minimum absolute atomic E-state index is 0.0498. The molecule has 2 aromatic rings. The molecule has 1 aromatic carbocycles. The van der Waals surface area contributed by atoms with Crippen LogP contribution in [0.5, 0.6) is 0 Å². The molecule has 0 bridgehead atoms. The van der Waals surface area contributed by atoms with Crippen LogP contribution in [-0.4, -0.2) is 16.6 Å². The third-order valence-electron chi connectivity index (χ3n) is 3.72. The van der Waals surface area contributed by atoms with Crippen LogP contribution in [0.1, 0.15) is 41.8 Å². The highest BCUT2D eigenvalue weighted by atomic mass is 32.1. The fourth-order valence-electron chi connectivity index (χ4n) is 2.53. The number of hydrogen-bond acceptors (Lipinski definition) is 3. The normalized spacial score (nSPS) is 17.9. The zero-order valence-corrected chi connectivity index (χ0v) is 13.1. The number of amides is 1. The Morgan fingerprint density at radius 1 is 1.33 bits per heavy atom. The summed E-state index contributed by atoms with van der Waals surface area (Å²) in [7, 11) is 0. The van der Waals surface area contributed by atoms with E-state index in [1.807, 2.05) is 18.4 Å². The minimum Gasteiger partial charge on any atom is -0.273 e. The highest BCUT2D eigenvalue weighted by Crippen LogP contribution is 2.35. The van der Waals surface area contributed by atoms with Crippen LogP contribution in [-0.2, 0) is 4.79 Å². The van der Waals surface area contributed by atoms with Crippen molar-refractivity contribution in [2.75, 3.05) is 0 Å². The first kappa shape index (κ1) is 14.0. The fourth-order valence-corrected chi connectivity index (χ4v) is 3.34. The molecule has 21 heavy (non-hydrogen) atoms. The summed E-state index contributed by atoms with van der Waals surface area (Å²) in [5.41, 5.74) is 3.33. The molecule has 0 saturated carbocycles. The Bertz CT molecular complexity index is 659. The molecule has 1 aliphatic heterocycles. The monoisotopic (exact) mass is 298 g/mol. The molecule has 108 valence electrons. The molecule has 0 saturated heterocycles. The molecule has 0 fully saturated rings. The second-order valence-electron chi connectivity index (χ2n) is 5.24. The Labute approximate surface area is 128 Å². The molecule has 1 aliphatic rings. The largest absolute Gasteiger partial charge is 0.273 e. The van der Waals surface area contributed by atoms with Gasteiger partial charge in [0, 0.05) is 17.7 Å². The van der Waals surface area contributed by atoms with Gasteiger partial charge in [-0.3, -0.25) is 4.79 Å². The Balaban J connectivity index is 1.93. The highest BCUT2D eigenvalue weighted by molar-refractivity contribution is 7.10. The van der Waals surface area contributed by atoms with Gasteiger partial charge in [-0.1, -0.05) is 42.8 Å². The van der Waals surface area contributed by atoms with Crippen molar-refractivity contribution in [2.24, 2.45) is 5.10 Å². The van der Waals surface area contributed by atoms with Crippen molar-refractivity contribution in [2.45, 2.75) is 32.7 Å². The predicted molar refractivity (Wildman–Crippen MR) is 86.5 cm³/mol. The van der Waals surface area contributed by atoms with Gasteiger partial charge in [0.25, 0.3) is 0 Å². The third-order valence-corrected chi connectivity index (χ3v) is 4.70. The lowest BCUT2D eigenvalue weighted by Crippen LogP contribution is -2.25. The van der Waals surface area contributed by atoms with Crippen molar-refractivity contribution in [1.29, 1.82) is 0 Å². The molecular formula is C17H18N2OS. The number of nitrogens with zero attached hydrogens (tertiary/aromatic N) is 2. The minimum atomic E-state index is 0.0498. The summed E-state index contributed by atoms with van der Waals surface area (Å²) in [4.78, 5) is 13.4. The predicted octanol–water partition coefficient (Wildman–Crippen LogP) is 4.14. The molecule has 0 N–H and O–H groups in total. The highest BCUT2D eigenvalue weighted by Gasteiger charge is 2.32. The van der Waals surface area contributed by atoms with E-state index in [4.69, 9.17) is 0 Å². The van der Waals surface area contributed by atoms with Gasteiger partial charge in [-0.25, -0.2) is 5.01 Å². The molecule has 0 spiro atoms. The molecule has 1 amide bonds. The summed E-state index contributed by atoms with van der Waals surface area (Å²) < 4.78 is 0. The van der Waals surface area contributed by atoms with Gasteiger partial charge >= 0.3 is 0 Å². The SMILES string of the molecule is CCC(=O)N1N=C(c2ccc(C)cc2)C[C@H]1c1cccs1. The lowest BCUT2D eigenvalue weighted by atomic mass is 10.0. The molecule has 4 heteroatoms. The van der Waals surface area contributed by atoms with E-state index in [1.54, 1.807) is 16.3 Å². The van der Waals surface area contributed by atoms with Crippen molar-refractivity contribution >= 4 is 23.0 Å². The number of hydrogen-bond donors (Lipinski definition) is 0. The summed E-state index contributed by atoms with van der Waals surface area (Å²) in [5, 5.41) is 8.32. The number of benzene rings is 1. The quantitative estimate of drug-likeness (QED) is 0.838. The average Bonchev–Trinajstić information content (AvgIpc) is 3.16. The molecule has 0 unspecified atom stereocenters. The van der Waals surface area contributed by atoms with Crippen molar-refractivity contribution in [3.63, 3.8) is 0 Å². The second-order valence-corrected chi connectivity index (χ2v) is 6.22. The van der Waals surface area contributed by atoms with Crippen molar-refractivity contribution in [3.8, 4) is 0 Å². The maximum Gasteiger partial charge on any atom is 0.243 e. The zero-order chi connectivity index (χ0) is 14.8. The van der Waals surface area contributed by atoms with Gasteiger partial charge in [-0.05, 0) is 23.9 Å². The van der Waals surface area contributed by atoms with Gasteiger partial charge in [0.15, 0.2) is 0 Å². The topological polar surface area (TPSA) is 32.7 Å². The van der Waals surface area contributed by atoms with Gasteiger partial charge in [-0.15, -0.1) is 11.3 Å². The van der Waals surface area contributed by atoms with Crippen LogP contribution < -0.4 is 0 Å². The molecule has 0 aliphatic carbocycles. The van der Waals surface area contributed by atoms with E-state index < -0.39 is 0 Å². The van der Waals surface area contributed by atoms with Crippen LogP contribution in [0.15, 0.2) is 46.9 Å². The number of aryl methyl sites for hydroxylation is 1. The maximum absolute atomic E-state index is 12.2. The summed E-state index contributed by atoms with van der Waals surface area (Å²) in [6.07, 6.45) is 1.27. The van der Waals surface area contributed by atoms with Gasteiger partial charge in [-0.2, -0.15) is 5.10 Å². The van der Waals surface area contributed by atoms with E-state index in [-0.39, 0.29) is 11.9 Å². The van der Waals surface area contributed by atoms with Crippen LogP contribution in [0.25, 0.3) is 0 Å². The van der Waals surface area contributed by atoms with Crippen LogP contribution in [0.2, 0.25) is 0 Å². The van der Waals surface area contributed by atoms with Gasteiger partial charge < -0.3 is 0 Å². The molecule has 3 rings (SSSR count). The number of rotatable bonds is 3. The first-order valence-electron chi connectivity index (χ1n) is 7.19. The van der Waals surface area contributed by atoms with E-state index in [9.17, 15) is 4.79 Å². The Kier molecular flexibility index (Phi) is 3.88. The maximum atomic E-state index is 12.2. The van der Waals surface area contributed by atoms with Crippen molar-refractivity contribution in [1.82, 2.24) is 5.01 Å². The molecule has 1 atom stereocenters. The molecule has 3 nitrogen and oxygen atoms in total. The number of carbonyl (C=O) groups is 1. The van der Waals surface area contributed by atoms with E-state index in [2.05, 4.69) is 42.4 Å². The third kappa shape index (κ3) is 2.76. The smallest absolute Gasteiger partial charge is 0.243 e. The van der Waals surface area contributed by atoms with Crippen molar-refractivity contribution < 1.29 is 4.79 Å². The lowest BCUT2D eigenvalue weighted by Gasteiger charge is -2.19. The standard InChI is InChI=1S/C17H18N2OS/c1-3-17(20)19-15(16-5-4-10-21-16)11-14(18-19)13-8-6-12(2)7-9-13/h4-10,15H,3,11H2,1-2H3/t15-/m0/s1. The van der Waals surface area contributed by atoms with Crippen LogP contribution >= 0.6 is 11.3 Å². The van der Waals surface area contributed by atoms with Gasteiger partial charge in [0.05, 0.1) is 11.8 Å². The number of hydrazone groups is 1. The first-order valence-corrected chi connectivity index (χ1v) is 8.07. The van der Waals surface area contributed by atoms with E-state index in [0.717, 1.165) is 17.7 Å². The fraction of sp³-hybridized carbons (Fsp3) is 0.294. The lowest BCUT2D eigenvalue weighted by molar-refractivity contribution is -0.132. The molecular weight excluding hydrogens is 280 g/mol. The average molecular weight is 298 g/mol. The summed E-state index contributed by atoms with van der Waals surface area (Å²) in [5.74, 6) is 0.0792. The van der Waals surface area contributed by atoms with E-state index in [0.29, 0.717) is 6.42 Å². The van der Waals surface area contributed by atoms with Crippen LogP contribution in [0.3, 0.4) is 0 Å². The van der Waals surface area contributed by atoms with Gasteiger partial charge in [0.2, 0.25) is 5.91 Å². The summed E-state index contributed by atoms with van der Waals surface area (Å²) >= 11 is 1.68. The molecule has 2 heterocycles. The van der Waals surface area contributed by atoms with E-state index in [1.165, 1.54) is 10.4 Å². The second kappa shape index (κ2) is 5.82. The van der Waals surface area contributed by atoms with Crippen LogP contribution in [0, 0.1) is 6.92 Å². The Hall–Kier alpha value is -1.94. The number of carbonyl (C=O) groups excluding carboxylic acids is 1. The summed E-state index contributed by atoms with van der Waals surface area (Å²) in [6, 6.07) is 12.5. The van der Waals surface area contributed by atoms with Gasteiger partial charge in [0.1, 0.15) is 0 Å². The van der Waals surface area contributed by atoms with E-state index >= 15 is 0 Å². The zero-order valence-electron chi connectivity index (χ0n) is 12.2. The first-order chi connectivity index (χ1) is 10.2. The molecule has 0 radical (unpaired) electrons. The Morgan fingerprint density at radius 3 is 2.71 bits per heavy atom. The Morgan fingerprint density at radius 2 is 2.10 bits per heavy atom. The van der Waals surface area contributed by atoms with Crippen LogP contribution in [0.4, 0.5) is 0 Å². The van der Waals surface area contributed by atoms with Crippen molar-refractivity contribution in [3.05, 3.63) is 57.8 Å². The molecule has 1 aromatic heterocycles. The number of thiophene rings is 1. The summed E-state index contributed by atoms with van der Waals surface area (Å²) in [6.45, 7) is 3.95.